The molecule has 0 unspecified atom stereocenters. The van der Waals surface area contributed by atoms with Crippen molar-refractivity contribution in [1.82, 2.24) is 24.8 Å². The summed E-state index contributed by atoms with van der Waals surface area (Å²) in [5, 5.41) is 0. The number of hydrogen-bond donors (Lipinski definition) is 0. The Morgan fingerprint density at radius 2 is 2.09 bits per heavy atom. The Morgan fingerprint density at radius 1 is 1.25 bits per heavy atom. The molecule has 0 radical (unpaired) electrons. The van der Waals surface area contributed by atoms with Crippen molar-refractivity contribution in [1.29, 1.82) is 0 Å². The lowest BCUT2D eigenvalue weighted by atomic mass is 9.95. The van der Waals surface area contributed by atoms with Gasteiger partial charge in [0.2, 0.25) is 11.8 Å². The predicted octanol–water partition coefficient (Wildman–Crippen LogP) is 2.32. The van der Waals surface area contributed by atoms with Gasteiger partial charge in [0, 0.05) is 69.4 Å². The summed E-state index contributed by atoms with van der Waals surface area (Å²) in [5.41, 5.74) is 3.02. The third-order valence-corrected chi connectivity index (χ3v) is 6.49. The fourth-order valence-electron chi connectivity index (χ4n) is 4.58. The molecule has 4 heterocycles. The summed E-state index contributed by atoms with van der Waals surface area (Å²) in [5.74, 6) is 1.87. The molecule has 8 nitrogen and oxygen atoms in total. The van der Waals surface area contributed by atoms with Crippen molar-refractivity contribution in [2.45, 2.75) is 51.5 Å². The van der Waals surface area contributed by atoms with Gasteiger partial charge in [-0.1, -0.05) is 6.07 Å². The highest BCUT2D eigenvalue weighted by Crippen LogP contribution is 2.31. The van der Waals surface area contributed by atoms with E-state index < -0.39 is 0 Å². The molecule has 0 aromatic carbocycles. The second-order valence-electron chi connectivity index (χ2n) is 8.91. The van der Waals surface area contributed by atoms with E-state index in [0.717, 1.165) is 54.5 Å². The summed E-state index contributed by atoms with van der Waals surface area (Å²) in [6.45, 7) is 4.83. The van der Waals surface area contributed by atoms with Crippen LogP contribution in [0.2, 0.25) is 0 Å². The first-order valence-corrected chi connectivity index (χ1v) is 11.4. The number of nitrogens with zero attached hydrogens (tertiary/aromatic N) is 6. The number of rotatable bonds is 6. The van der Waals surface area contributed by atoms with Crippen molar-refractivity contribution in [3.8, 4) is 0 Å². The Morgan fingerprint density at radius 3 is 2.88 bits per heavy atom. The van der Waals surface area contributed by atoms with Gasteiger partial charge in [-0.05, 0) is 45.4 Å². The molecule has 0 bridgehead atoms. The van der Waals surface area contributed by atoms with Crippen LogP contribution in [0.15, 0.2) is 24.4 Å². The number of hydrogen-bond acceptors (Lipinski definition) is 6. The molecule has 32 heavy (non-hydrogen) atoms. The Labute approximate surface area is 189 Å². The van der Waals surface area contributed by atoms with Crippen molar-refractivity contribution in [2.24, 2.45) is 0 Å². The zero-order chi connectivity index (χ0) is 22.7. The number of pyridine rings is 1. The van der Waals surface area contributed by atoms with Gasteiger partial charge in [-0.15, -0.1) is 0 Å². The first-order chi connectivity index (χ1) is 15.4. The highest BCUT2D eigenvalue weighted by molar-refractivity contribution is 5.94. The maximum Gasteiger partial charge on any atom is 0.228 e. The summed E-state index contributed by atoms with van der Waals surface area (Å²) in [6, 6.07) is 5.88. The topological polar surface area (TPSA) is 82.5 Å². The van der Waals surface area contributed by atoms with Crippen LogP contribution < -0.4 is 4.90 Å². The first-order valence-electron chi connectivity index (χ1n) is 11.4. The fourth-order valence-corrected chi connectivity index (χ4v) is 4.58. The predicted molar refractivity (Wildman–Crippen MR) is 122 cm³/mol. The standard InChI is InChI=1S/C24H32N6O2/c1-17-20-9-10-21(31)29(3)24(20)27-23(26-17)18-7-6-13-30(15-18)22(32)11-14-28(2)16-19-8-4-5-12-25-19/h4-5,8,12,18H,6-7,9-11,13-16H2,1-3H3/t18-/m1/s1. The molecule has 2 amide bonds. The maximum absolute atomic E-state index is 12.9. The number of carbonyl (C=O) groups is 2. The smallest absolute Gasteiger partial charge is 0.228 e. The zero-order valence-electron chi connectivity index (χ0n) is 19.3. The molecule has 1 atom stereocenters. The van der Waals surface area contributed by atoms with E-state index in [2.05, 4.69) is 9.88 Å². The Bertz CT molecular complexity index is 980. The number of piperidine rings is 1. The number of carbonyl (C=O) groups excluding carboxylic acids is 2. The Hall–Kier alpha value is -2.87. The van der Waals surface area contributed by atoms with E-state index in [1.165, 1.54) is 0 Å². The van der Waals surface area contributed by atoms with Crippen molar-refractivity contribution in [2.75, 3.05) is 38.6 Å². The van der Waals surface area contributed by atoms with Crippen molar-refractivity contribution >= 4 is 17.6 Å². The first kappa shape index (κ1) is 22.3. The van der Waals surface area contributed by atoms with Gasteiger partial charge >= 0.3 is 0 Å². The molecule has 0 N–H and O–H groups in total. The number of aryl methyl sites for hydroxylation is 1. The largest absolute Gasteiger partial charge is 0.342 e. The minimum absolute atomic E-state index is 0.0943. The number of amides is 2. The van der Waals surface area contributed by atoms with E-state index in [0.29, 0.717) is 32.4 Å². The number of fused-ring (bicyclic) bond motifs is 1. The highest BCUT2D eigenvalue weighted by Gasteiger charge is 2.30. The van der Waals surface area contributed by atoms with Crippen molar-refractivity contribution < 1.29 is 9.59 Å². The molecule has 8 heteroatoms. The van der Waals surface area contributed by atoms with Gasteiger partial charge in [0.1, 0.15) is 11.6 Å². The molecule has 2 aromatic heterocycles. The normalized spacial score (nSPS) is 18.8. The van der Waals surface area contributed by atoms with E-state index in [4.69, 9.17) is 9.97 Å². The summed E-state index contributed by atoms with van der Waals surface area (Å²) < 4.78 is 0. The minimum Gasteiger partial charge on any atom is -0.342 e. The van der Waals surface area contributed by atoms with Crippen LogP contribution in [0.1, 0.15) is 54.4 Å². The lowest BCUT2D eigenvalue weighted by Gasteiger charge is -2.33. The summed E-state index contributed by atoms with van der Waals surface area (Å²) in [4.78, 5) is 44.7. The Balaban J connectivity index is 1.37. The van der Waals surface area contributed by atoms with Gasteiger partial charge in [0.15, 0.2) is 0 Å². The van der Waals surface area contributed by atoms with Crippen LogP contribution >= 0.6 is 0 Å². The third-order valence-electron chi connectivity index (χ3n) is 6.49. The average Bonchev–Trinajstić information content (AvgIpc) is 2.80. The maximum atomic E-state index is 12.9. The minimum atomic E-state index is 0.0943. The van der Waals surface area contributed by atoms with Crippen LogP contribution in [-0.4, -0.2) is 70.3 Å². The molecule has 0 saturated carbocycles. The van der Waals surface area contributed by atoms with Crippen LogP contribution in [0.3, 0.4) is 0 Å². The Kier molecular flexibility index (Phi) is 6.79. The van der Waals surface area contributed by atoms with Crippen LogP contribution in [-0.2, 0) is 22.6 Å². The summed E-state index contributed by atoms with van der Waals surface area (Å²) >= 11 is 0. The average molecular weight is 437 g/mol. The quantitative estimate of drug-likeness (QED) is 0.691. The number of aromatic nitrogens is 3. The molecule has 2 aliphatic rings. The van der Waals surface area contributed by atoms with E-state index in [-0.39, 0.29) is 17.7 Å². The molecule has 0 spiro atoms. The molecule has 1 saturated heterocycles. The second-order valence-corrected chi connectivity index (χ2v) is 8.91. The fraction of sp³-hybridized carbons (Fsp3) is 0.542. The van der Waals surface area contributed by atoms with Crippen molar-refractivity contribution in [3.05, 3.63) is 47.2 Å². The van der Waals surface area contributed by atoms with Gasteiger partial charge in [-0.2, -0.15) is 0 Å². The second kappa shape index (κ2) is 9.73. The molecule has 2 aromatic rings. The van der Waals surface area contributed by atoms with Crippen LogP contribution in [0.4, 0.5) is 5.82 Å². The summed E-state index contributed by atoms with van der Waals surface area (Å²) in [7, 11) is 3.80. The van der Waals surface area contributed by atoms with Gasteiger partial charge in [0.25, 0.3) is 0 Å². The molecule has 2 aliphatic heterocycles. The molecular weight excluding hydrogens is 404 g/mol. The van der Waals surface area contributed by atoms with E-state index in [9.17, 15) is 9.59 Å². The monoisotopic (exact) mass is 436 g/mol. The molecular formula is C24H32N6O2. The lowest BCUT2D eigenvalue weighted by molar-refractivity contribution is -0.132. The lowest BCUT2D eigenvalue weighted by Crippen LogP contribution is -2.41. The van der Waals surface area contributed by atoms with Crippen LogP contribution in [0.5, 0.6) is 0 Å². The van der Waals surface area contributed by atoms with Gasteiger partial charge in [-0.3, -0.25) is 19.5 Å². The molecule has 0 aliphatic carbocycles. The van der Waals surface area contributed by atoms with Gasteiger partial charge in [0.05, 0.1) is 5.69 Å². The van der Waals surface area contributed by atoms with Gasteiger partial charge < -0.3 is 9.80 Å². The highest BCUT2D eigenvalue weighted by atomic mass is 16.2. The molecule has 4 rings (SSSR count). The zero-order valence-corrected chi connectivity index (χ0v) is 19.3. The van der Waals surface area contributed by atoms with Crippen molar-refractivity contribution in [3.63, 3.8) is 0 Å². The van der Waals surface area contributed by atoms with E-state index in [1.807, 2.05) is 37.1 Å². The summed E-state index contributed by atoms with van der Waals surface area (Å²) in [6.07, 6.45) is 5.38. The molecule has 1 fully saturated rings. The van der Waals surface area contributed by atoms with E-state index >= 15 is 0 Å². The number of anilines is 1. The van der Waals surface area contributed by atoms with Crippen LogP contribution in [0, 0.1) is 6.92 Å². The van der Waals surface area contributed by atoms with Gasteiger partial charge in [-0.25, -0.2) is 9.97 Å². The SMILES string of the molecule is Cc1nc([C@@H]2CCCN(C(=O)CCN(C)Cc3ccccn3)C2)nc2c1CCC(=O)N2C. The van der Waals surface area contributed by atoms with E-state index in [1.54, 1.807) is 18.1 Å². The third kappa shape index (κ3) is 4.96. The number of likely N-dealkylation sites (tertiary alicyclic amines) is 1. The molecule has 170 valence electrons. The van der Waals surface area contributed by atoms with Crippen LogP contribution in [0.25, 0.3) is 0 Å².